The van der Waals surface area contributed by atoms with Gasteiger partial charge in [-0.25, -0.2) is 4.98 Å². The minimum Gasteiger partial charge on any atom is -0.377 e. The summed E-state index contributed by atoms with van der Waals surface area (Å²) in [6.07, 6.45) is 1.20. The van der Waals surface area contributed by atoms with Crippen LogP contribution in [0.3, 0.4) is 0 Å². The Kier molecular flexibility index (Phi) is 3.53. The smallest absolute Gasteiger partial charge is 0.224 e. The SMILES string of the molecule is CC1CN(c2nc(Cl)nc3ccccc23)CCCO1. The molecule has 0 amide bonds. The second-order valence-electron chi connectivity index (χ2n) is 4.81. The van der Waals surface area contributed by atoms with Crippen molar-refractivity contribution in [1.29, 1.82) is 0 Å². The van der Waals surface area contributed by atoms with Gasteiger partial charge in [-0.3, -0.25) is 0 Å². The van der Waals surface area contributed by atoms with E-state index in [0.717, 1.165) is 42.8 Å². The number of fused-ring (bicyclic) bond motifs is 1. The fraction of sp³-hybridized carbons (Fsp3) is 0.429. The van der Waals surface area contributed by atoms with Crippen LogP contribution in [-0.2, 0) is 4.74 Å². The Bertz CT molecular complexity index is 590. The van der Waals surface area contributed by atoms with E-state index in [2.05, 4.69) is 21.8 Å². The van der Waals surface area contributed by atoms with Crippen LogP contribution in [0.1, 0.15) is 13.3 Å². The van der Waals surface area contributed by atoms with E-state index in [1.165, 1.54) is 0 Å². The van der Waals surface area contributed by atoms with Crippen molar-refractivity contribution in [1.82, 2.24) is 9.97 Å². The molecule has 0 spiro atoms. The van der Waals surface area contributed by atoms with Crippen molar-refractivity contribution in [2.45, 2.75) is 19.4 Å². The lowest BCUT2D eigenvalue weighted by molar-refractivity contribution is 0.0820. The molecule has 1 saturated heterocycles. The van der Waals surface area contributed by atoms with Gasteiger partial charge in [0.25, 0.3) is 0 Å². The molecule has 1 fully saturated rings. The summed E-state index contributed by atoms with van der Waals surface area (Å²) in [5.41, 5.74) is 0.885. The molecule has 4 nitrogen and oxygen atoms in total. The monoisotopic (exact) mass is 277 g/mol. The van der Waals surface area contributed by atoms with E-state index < -0.39 is 0 Å². The summed E-state index contributed by atoms with van der Waals surface area (Å²) in [5.74, 6) is 0.910. The van der Waals surface area contributed by atoms with Crippen LogP contribution in [-0.4, -0.2) is 35.8 Å². The number of halogens is 1. The predicted octanol–water partition coefficient (Wildman–Crippen LogP) is 2.90. The molecule has 1 aliphatic heterocycles. The standard InChI is InChI=1S/C14H16ClN3O/c1-10-9-18(7-4-8-19-10)13-11-5-2-3-6-12(11)16-14(15)17-13/h2-3,5-6,10H,4,7-9H2,1H3. The summed E-state index contributed by atoms with van der Waals surface area (Å²) in [6.45, 7) is 4.65. The van der Waals surface area contributed by atoms with Crippen molar-refractivity contribution >= 4 is 28.3 Å². The van der Waals surface area contributed by atoms with Gasteiger partial charge in [0.05, 0.1) is 11.6 Å². The number of ether oxygens (including phenoxy) is 1. The maximum Gasteiger partial charge on any atom is 0.224 e. The van der Waals surface area contributed by atoms with Gasteiger partial charge in [-0.2, -0.15) is 4.98 Å². The van der Waals surface area contributed by atoms with Crippen molar-refractivity contribution in [3.63, 3.8) is 0 Å². The van der Waals surface area contributed by atoms with E-state index in [1.807, 2.05) is 24.3 Å². The molecule has 0 aliphatic carbocycles. The van der Waals surface area contributed by atoms with E-state index in [-0.39, 0.29) is 6.10 Å². The highest BCUT2D eigenvalue weighted by molar-refractivity contribution is 6.28. The molecule has 0 saturated carbocycles. The Morgan fingerprint density at radius 1 is 1.32 bits per heavy atom. The Balaban J connectivity index is 2.07. The topological polar surface area (TPSA) is 38.2 Å². The average Bonchev–Trinajstić information content (AvgIpc) is 2.62. The largest absolute Gasteiger partial charge is 0.377 e. The van der Waals surface area contributed by atoms with Gasteiger partial charge >= 0.3 is 0 Å². The van der Waals surface area contributed by atoms with Gasteiger partial charge in [-0.05, 0) is 37.1 Å². The highest BCUT2D eigenvalue weighted by Gasteiger charge is 2.19. The highest BCUT2D eigenvalue weighted by atomic mass is 35.5. The van der Waals surface area contributed by atoms with Crippen LogP contribution in [0.25, 0.3) is 10.9 Å². The van der Waals surface area contributed by atoms with Crippen LogP contribution in [0, 0.1) is 0 Å². The van der Waals surface area contributed by atoms with E-state index in [9.17, 15) is 0 Å². The highest BCUT2D eigenvalue weighted by Crippen LogP contribution is 2.26. The molecule has 19 heavy (non-hydrogen) atoms. The molecule has 1 aromatic carbocycles. The molecular formula is C14H16ClN3O. The maximum atomic E-state index is 6.04. The molecule has 0 radical (unpaired) electrons. The second-order valence-corrected chi connectivity index (χ2v) is 5.15. The predicted molar refractivity (Wildman–Crippen MR) is 76.8 cm³/mol. The third-order valence-corrected chi connectivity index (χ3v) is 3.48. The maximum absolute atomic E-state index is 6.04. The number of anilines is 1. The van der Waals surface area contributed by atoms with E-state index >= 15 is 0 Å². The van der Waals surface area contributed by atoms with Gasteiger partial charge in [0.2, 0.25) is 5.28 Å². The molecule has 1 aromatic heterocycles. The first-order valence-electron chi connectivity index (χ1n) is 6.53. The second kappa shape index (κ2) is 5.31. The number of hydrogen-bond donors (Lipinski definition) is 0. The molecule has 0 N–H and O–H groups in total. The van der Waals surface area contributed by atoms with Crippen LogP contribution in [0.2, 0.25) is 5.28 Å². The van der Waals surface area contributed by atoms with Crippen molar-refractivity contribution in [2.24, 2.45) is 0 Å². The lowest BCUT2D eigenvalue weighted by Crippen LogP contribution is -2.31. The Morgan fingerprint density at radius 3 is 3.05 bits per heavy atom. The van der Waals surface area contributed by atoms with Gasteiger partial charge in [-0.1, -0.05) is 12.1 Å². The zero-order valence-corrected chi connectivity index (χ0v) is 11.6. The number of benzene rings is 1. The third kappa shape index (κ3) is 2.65. The zero-order valence-electron chi connectivity index (χ0n) is 10.8. The van der Waals surface area contributed by atoms with E-state index in [4.69, 9.17) is 16.3 Å². The summed E-state index contributed by atoms with van der Waals surface area (Å²) in [6, 6.07) is 7.96. The van der Waals surface area contributed by atoms with Gasteiger partial charge in [0, 0.05) is 25.1 Å². The normalized spacial score (nSPS) is 20.5. The first-order valence-corrected chi connectivity index (χ1v) is 6.90. The first-order chi connectivity index (χ1) is 9.24. The number of rotatable bonds is 1. The van der Waals surface area contributed by atoms with Gasteiger partial charge in [-0.15, -0.1) is 0 Å². The van der Waals surface area contributed by atoms with Crippen LogP contribution in [0.4, 0.5) is 5.82 Å². The summed E-state index contributed by atoms with van der Waals surface area (Å²) in [5, 5.41) is 1.34. The molecule has 3 rings (SSSR count). The fourth-order valence-electron chi connectivity index (χ4n) is 2.46. The Labute approximate surface area is 117 Å². The first kappa shape index (κ1) is 12.6. The Morgan fingerprint density at radius 2 is 2.16 bits per heavy atom. The number of hydrogen-bond acceptors (Lipinski definition) is 4. The number of aromatic nitrogens is 2. The van der Waals surface area contributed by atoms with Crippen LogP contribution in [0.15, 0.2) is 24.3 Å². The van der Waals surface area contributed by atoms with E-state index in [0.29, 0.717) is 5.28 Å². The molecule has 2 heterocycles. The van der Waals surface area contributed by atoms with Gasteiger partial charge in [0.15, 0.2) is 0 Å². The van der Waals surface area contributed by atoms with Crippen LogP contribution in [0.5, 0.6) is 0 Å². The minimum atomic E-state index is 0.204. The average molecular weight is 278 g/mol. The molecule has 1 unspecified atom stereocenters. The Hall–Kier alpha value is -1.39. The third-order valence-electron chi connectivity index (χ3n) is 3.31. The molecular weight excluding hydrogens is 262 g/mol. The van der Waals surface area contributed by atoms with Gasteiger partial charge in [0.1, 0.15) is 5.82 Å². The summed E-state index contributed by atoms with van der Waals surface area (Å²) in [4.78, 5) is 10.9. The number of para-hydroxylation sites is 1. The van der Waals surface area contributed by atoms with Crippen LogP contribution >= 0.6 is 11.6 Å². The molecule has 2 aromatic rings. The molecule has 1 atom stereocenters. The molecule has 100 valence electrons. The van der Waals surface area contributed by atoms with Crippen molar-refractivity contribution in [3.05, 3.63) is 29.5 Å². The van der Waals surface area contributed by atoms with Gasteiger partial charge < -0.3 is 9.64 Å². The lowest BCUT2D eigenvalue weighted by Gasteiger charge is -2.24. The summed E-state index contributed by atoms with van der Waals surface area (Å²) >= 11 is 6.04. The van der Waals surface area contributed by atoms with Crippen molar-refractivity contribution in [3.8, 4) is 0 Å². The van der Waals surface area contributed by atoms with Crippen molar-refractivity contribution in [2.75, 3.05) is 24.6 Å². The fourth-order valence-corrected chi connectivity index (χ4v) is 2.63. The molecule has 0 bridgehead atoms. The van der Waals surface area contributed by atoms with Crippen molar-refractivity contribution < 1.29 is 4.74 Å². The summed E-state index contributed by atoms with van der Waals surface area (Å²) in [7, 11) is 0. The summed E-state index contributed by atoms with van der Waals surface area (Å²) < 4.78 is 5.68. The molecule has 5 heteroatoms. The quantitative estimate of drug-likeness (QED) is 0.751. The van der Waals surface area contributed by atoms with Crippen LogP contribution < -0.4 is 4.90 Å². The molecule has 1 aliphatic rings. The zero-order chi connectivity index (χ0) is 13.2. The minimum absolute atomic E-state index is 0.204. The number of nitrogens with zero attached hydrogens (tertiary/aromatic N) is 3. The lowest BCUT2D eigenvalue weighted by atomic mass is 10.2. The van der Waals surface area contributed by atoms with E-state index in [1.54, 1.807) is 0 Å².